The summed E-state index contributed by atoms with van der Waals surface area (Å²) in [6.45, 7) is 3.64. The summed E-state index contributed by atoms with van der Waals surface area (Å²) < 4.78 is 31.4. The number of methoxy groups -OCH3 is 1. The second kappa shape index (κ2) is 13.0. The molecule has 192 valence electrons. The number of hydrogen-bond donors (Lipinski definition) is 1. The van der Waals surface area contributed by atoms with Crippen molar-refractivity contribution in [3.8, 4) is 5.75 Å². The number of unbranched alkanes of at least 4 members (excludes halogenated alkanes) is 1. The molecule has 8 nitrogen and oxygen atoms in total. The number of anilines is 1. The van der Waals surface area contributed by atoms with Gasteiger partial charge in [0.1, 0.15) is 18.3 Å². The number of amides is 2. The van der Waals surface area contributed by atoms with Gasteiger partial charge in [-0.3, -0.25) is 13.9 Å². The monoisotopic (exact) mass is 543 g/mol. The number of benzene rings is 2. The van der Waals surface area contributed by atoms with Gasteiger partial charge in [-0.25, -0.2) is 8.42 Å². The van der Waals surface area contributed by atoms with E-state index in [4.69, 9.17) is 27.9 Å². The number of sulfonamides is 1. The van der Waals surface area contributed by atoms with Crippen LogP contribution in [-0.2, 0) is 26.2 Å². The van der Waals surface area contributed by atoms with Crippen molar-refractivity contribution in [1.82, 2.24) is 10.2 Å². The molecule has 0 spiro atoms. The number of nitrogens with one attached hydrogen (secondary N) is 1. The van der Waals surface area contributed by atoms with E-state index in [1.54, 1.807) is 31.2 Å². The van der Waals surface area contributed by atoms with E-state index in [2.05, 4.69) is 5.32 Å². The predicted molar refractivity (Wildman–Crippen MR) is 140 cm³/mol. The van der Waals surface area contributed by atoms with Crippen LogP contribution >= 0.6 is 23.2 Å². The molecule has 0 aliphatic heterocycles. The summed E-state index contributed by atoms with van der Waals surface area (Å²) in [7, 11) is -2.35. The number of nitrogens with zero attached hydrogens (tertiary/aromatic N) is 2. The van der Waals surface area contributed by atoms with Crippen molar-refractivity contribution in [2.24, 2.45) is 0 Å². The molecule has 0 aliphatic carbocycles. The van der Waals surface area contributed by atoms with E-state index in [9.17, 15) is 18.0 Å². The van der Waals surface area contributed by atoms with E-state index in [-0.39, 0.29) is 28.2 Å². The standard InChI is InChI=1S/C24H31Cl2N3O5S/c1-5-6-10-27-24(31)17(2)28(15-18-8-7-9-22(11-18)34-3)23(30)16-29(35(4,32)33)21-13-19(25)12-20(26)14-21/h7-9,11-14,17H,5-6,10,15-16H2,1-4H3,(H,27,31). The second-order valence-electron chi connectivity index (χ2n) is 8.09. The summed E-state index contributed by atoms with van der Waals surface area (Å²) in [5.74, 6) is -0.292. The molecule has 1 N–H and O–H groups in total. The van der Waals surface area contributed by atoms with E-state index >= 15 is 0 Å². The first kappa shape index (κ1) is 28.7. The van der Waals surface area contributed by atoms with Gasteiger partial charge in [0.05, 0.1) is 19.1 Å². The molecule has 2 rings (SSSR count). The first-order chi connectivity index (χ1) is 16.5. The summed E-state index contributed by atoms with van der Waals surface area (Å²) in [6.07, 6.45) is 2.70. The minimum Gasteiger partial charge on any atom is -0.497 e. The molecular weight excluding hydrogens is 513 g/mol. The lowest BCUT2D eigenvalue weighted by molar-refractivity contribution is -0.139. The second-order valence-corrected chi connectivity index (χ2v) is 10.9. The summed E-state index contributed by atoms with van der Waals surface area (Å²) in [5.41, 5.74) is 0.877. The zero-order valence-electron chi connectivity index (χ0n) is 20.3. The fraction of sp³-hybridized carbons (Fsp3) is 0.417. The molecule has 0 bridgehead atoms. The largest absolute Gasteiger partial charge is 0.497 e. The number of carbonyl (C=O) groups excluding carboxylic acids is 2. The minimum absolute atomic E-state index is 0.0757. The maximum absolute atomic E-state index is 13.5. The Kier molecular flexibility index (Phi) is 10.7. The van der Waals surface area contributed by atoms with Crippen molar-refractivity contribution in [3.05, 3.63) is 58.1 Å². The molecule has 0 radical (unpaired) electrons. The quantitative estimate of drug-likeness (QED) is 0.406. The third-order valence-corrected chi connectivity index (χ3v) is 6.88. The summed E-state index contributed by atoms with van der Waals surface area (Å²) >= 11 is 12.1. The van der Waals surface area contributed by atoms with Crippen LogP contribution in [0.15, 0.2) is 42.5 Å². The van der Waals surface area contributed by atoms with E-state index in [1.807, 2.05) is 6.92 Å². The molecule has 35 heavy (non-hydrogen) atoms. The number of rotatable bonds is 12. The Morgan fingerprint density at radius 2 is 1.77 bits per heavy atom. The van der Waals surface area contributed by atoms with Crippen LogP contribution in [0.2, 0.25) is 10.0 Å². The zero-order valence-corrected chi connectivity index (χ0v) is 22.6. The lowest BCUT2D eigenvalue weighted by Crippen LogP contribution is -2.51. The van der Waals surface area contributed by atoms with Crippen molar-refractivity contribution >= 4 is 50.7 Å². The smallest absolute Gasteiger partial charge is 0.244 e. The Bertz CT molecular complexity index is 1120. The highest BCUT2D eigenvalue weighted by molar-refractivity contribution is 7.92. The molecule has 2 amide bonds. The highest BCUT2D eigenvalue weighted by atomic mass is 35.5. The SMILES string of the molecule is CCCCNC(=O)C(C)N(Cc1cccc(OC)c1)C(=O)CN(c1cc(Cl)cc(Cl)c1)S(C)(=O)=O. The van der Waals surface area contributed by atoms with Crippen LogP contribution in [0, 0.1) is 0 Å². The third-order valence-electron chi connectivity index (χ3n) is 5.30. The highest BCUT2D eigenvalue weighted by Crippen LogP contribution is 2.27. The lowest BCUT2D eigenvalue weighted by atomic mass is 10.1. The van der Waals surface area contributed by atoms with Gasteiger partial charge in [0, 0.05) is 23.1 Å². The van der Waals surface area contributed by atoms with Gasteiger partial charge in [-0.15, -0.1) is 0 Å². The molecule has 1 unspecified atom stereocenters. The zero-order chi connectivity index (χ0) is 26.2. The van der Waals surface area contributed by atoms with Crippen LogP contribution in [0.5, 0.6) is 5.75 Å². The van der Waals surface area contributed by atoms with E-state index in [0.717, 1.165) is 29.0 Å². The van der Waals surface area contributed by atoms with Crippen molar-refractivity contribution < 1.29 is 22.7 Å². The minimum atomic E-state index is -3.88. The van der Waals surface area contributed by atoms with Crippen molar-refractivity contribution in [2.45, 2.75) is 39.3 Å². The van der Waals surface area contributed by atoms with Crippen molar-refractivity contribution in [1.29, 1.82) is 0 Å². The summed E-state index contributed by atoms with van der Waals surface area (Å²) in [6, 6.07) is 10.5. The fourth-order valence-electron chi connectivity index (χ4n) is 3.38. The van der Waals surface area contributed by atoms with Crippen LogP contribution in [0.4, 0.5) is 5.69 Å². The third kappa shape index (κ3) is 8.59. The van der Waals surface area contributed by atoms with E-state index in [0.29, 0.717) is 12.3 Å². The molecule has 11 heteroatoms. The molecule has 1 atom stereocenters. The number of ether oxygens (including phenoxy) is 1. The molecule has 0 aliphatic rings. The van der Waals surface area contributed by atoms with Gasteiger partial charge in [-0.2, -0.15) is 0 Å². The van der Waals surface area contributed by atoms with Gasteiger partial charge in [-0.1, -0.05) is 48.7 Å². The Morgan fingerprint density at radius 3 is 2.34 bits per heavy atom. The van der Waals surface area contributed by atoms with Crippen molar-refractivity contribution in [2.75, 3.05) is 30.8 Å². The van der Waals surface area contributed by atoms with Gasteiger partial charge >= 0.3 is 0 Å². The molecule has 2 aromatic carbocycles. The van der Waals surface area contributed by atoms with Gasteiger partial charge < -0.3 is 15.0 Å². The Hall–Kier alpha value is -2.49. The van der Waals surface area contributed by atoms with E-state index in [1.165, 1.54) is 30.2 Å². The van der Waals surface area contributed by atoms with Crippen LogP contribution in [0.3, 0.4) is 0 Å². The maximum atomic E-state index is 13.5. The van der Waals surface area contributed by atoms with E-state index < -0.39 is 28.5 Å². The molecule has 0 heterocycles. The first-order valence-corrected chi connectivity index (χ1v) is 13.7. The molecule has 0 aromatic heterocycles. The molecule has 2 aromatic rings. The Morgan fingerprint density at radius 1 is 1.11 bits per heavy atom. The number of halogens is 2. The molecule has 0 saturated heterocycles. The Balaban J connectivity index is 2.39. The van der Waals surface area contributed by atoms with Crippen LogP contribution in [0.1, 0.15) is 32.3 Å². The molecule has 0 saturated carbocycles. The lowest BCUT2D eigenvalue weighted by Gasteiger charge is -2.31. The molecular formula is C24H31Cl2N3O5S. The number of carbonyl (C=O) groups is 2. The van der Waals surface area contributed by atoms with Gasteiger partial charge in [0.15, 0.2) is 0 Å². The highest BCUT2D eigenvalue weighted by Gasteiger charge is 2.30. The first-order valence-electron chi connectivity index (χ1n) is 11.1. The average Bonchev–Trinajstić information content (AvgIpc) is 2.79. The normalized spacial score (nSPS) is 12.1. The number of hydrogen-bond acceptors (Lipinski definition) is 5. The van der Waals surface area contributed by atoms with Gasteiger partial charge in [-0.05, 0) is 49.2 Å². The topological polar surface area (TPSA) is 96.0 Å². The maximum Gasteiger partial charge on any atom is 0.244 e. The summed E-state index contributed by atoms with van der Waals surface area (Å²) in [4.78, 5) is 27.7. The summed E-state index contributed by atoms with van der Waals surface area (Å²) in [5, 5.41) is 3.29. The predicted octanol–water partition coefficient (Wildman–Crippen LogP) is 4.10. The van der Waals surface area contributed by atoms with Crippen LogP contribution in [0.25, 0.3) is 0 Å². The van der Waals surface area contributed by atoms with Crippen LogP contribution < -0.4 is 14.4 Å². The van der Waals surface area contributed by atoms with Gasteiger partial charge in [0.25, 0.3) is 0 Å². The molecule has 0 fully saturated rings. The average molecular weight is 545 g/mol. The fourth-order valence-corrected chi connectivity index (χ4v) is 4.73. The van der Waals surface area contributed by atoms with Crippen LogP contribution in [-0.4, -0.2) is 57.6 Å². The van der Waals surface area contributed by atoms with Gasteiger partial charge in [0.2, 0.25) is 21.8 Å². The van der Waals surface area contributed by atoms with Crippen molar-refractivity contribution in [3.63, 3.8) is 0 Å². The Labute approximate surface area is 217 Å².